The molecule has 0 saturated heterocycles. The smallest absolute Gasteiger partial charge is 0.156 e. The van der Waals surface area contributed by atoms with Gasteiger partial charge in [0.2, 0.25) is 0 Å². The Bertz CT molecular complexity index is 547. The van der Waals surface area contributed by atoms with Gasteiger partial charge in [-0.15, -0.1) is 0 Å². The first kappa shape index (κ1) is 15.0. The fourth-order valence-corrected chi connectivity index (χ4v) is 2.44. The first-order chi connectivity index (χ1) is 9.56. The second kappa shape index (κ2) is 6.87. The number of ether oxygens (including phenoxy) is 1. The van der Waals surface area contributed by atoms with E-state index in [1.807, 2.05) is 56.3 Å². The number of rotatable bonds is 5. The molecule has 0 atom stereocenters. The maximum atomic E-state index is 6.22. The molecule has 106 valence electrons. The number of halogens is 2. The summed E-state index contributed by atoms with van der Waals surface area (Å²) in [6, 6.07) is 13.7. The van der Waals surface area contributed by atoms with Crippen molar-refractivity contribution < 1.29 is 4.74 Å². The van der Waals surface area contributed by atoms with Crippen LogP contribution in [-0.2, 0) is 6.54 Å². The molecule has 4 heteroatoms. The van der Waals surface area contributed by atoms with Gasteiger partial charge in [0.25, 0.3) is 0 Å². The molecule has 0 saturated carbocycles. The first-order valence-electron chi connectivity index (χ1n) is 6.49. The van der Waals surface area contributed by atoms with Crippen LogP contribution in [0.3, 0.4) is 0 Å². The molecular weight excluding hydrogens is 293 g/mol. The molecule has 0 amide bonds. The predicted molar refractivity (Wildman–Crippen MR) is 86.0 cm³/mol. The highest BCUT2D eigenvalue weighted by molar-refractivity contribution is 6.37. The largest absolute Gasteiger partial charge is 0.488 e. The highest BCUT2D eigenvalue weighted by Crippen LogP contribution is 2.35. The van der Waals surface area contributed by atoms with Gasteiger partial charge in [-0.3, -0.25) is 0 Å². The van der Waals surface area contributed by atoms with Crippen LogP contribution in [-0.4, -0.2) is 6.10 Å². The number of para-hydroxylation sites is 1. The van der Waals surface area contributed by atoms with Crippen LogP contribution in [0.15, 0.2) is 42.5 Å². The summed E-state index contributed by atoms with van der Waals surface area (Å²) >= 11 is 12.4. The van der Waals surface area contributed by atoms with Crippen molar-refractivity contribution in [3.63, 3.8) is 0 Å². The van der Waals surface area contributed by atoms with Crippen molar-refractivity contribution in [2.75, 3.05) is 5.32 Å². The molecule has 1 N–H and O–H groups in total. The van der Waals surface area contributed by atoms with Crippen LogP contribution in [0.25, 0.3) is 0 Å². The molecule has 0 radical (unpaired) electrons. The fourth-order valence-electron chi connectivity index (χ4n) is 1.82. The Kier molecular flexibility index (Phi) is 5.16. The van der Waals surface area contributed by atoms with Crippen molar-refractivity contribution in [3.05, 3.63) is 58.1 Å². The first-order valence-corrected chi connectivity index (χ1v) is 7.25. The van der Waals surface area contributed by atoms with Gasteiger partial charge in [0.15, 0.2) is 5.75 Å². The molecule has 0 fully saturated rings. The number of hydrogen-bond donors (Lipinski definition) is 1. The summed E-state index contributed by atoms with van der Waals surface area (Å²) in [4.78, 5) is 0. The van der Waals surface area contributed by atoms with Crippen molar-refractivity contribution in [1.29, 1.82) is 0 Å². The fraction of sp³-hybridized carbons (Fsp3) is 0.250. The zero-order valence-electron chi connectivity index (χ0n) is 11.5. The molecule has 2 nitrogen and oxygen atoms in total. The minimum atomic E-state index is 0.0401. The summed E-state index contributed by atoms with van der Waals surface area (Å²) in [5.41, 5.74) is 2.07. The van der Waals surface area contributed by atoms with E-state index in [2.05, 4.69) is 5.32 Å². The lowest BCUT2D eigenvalue weighted by Crippen LogP contribution is -2.07. The number of hydrogen-bond acceptors (Lipinski definition) is 2. The summed E-state index contributed by atoms with van der Waals surface area (Å²) in [7, 11) is 0. The normalized spacial score (nSPS) is 10.7. The summed E-state index contributed by atoms with van der Waals surface area (Å²) < 4.78 is 5.61. The highest BCUT2D eigenvalue weighted by Gasteiger charge is 2.11. The minimum absolute atomic E-state index is 0.0401. The van der Waals surface area contributed by atoms with Crippen LogP contribution in [0, 0.1) is 0 Å². The van der Waals surface area contributed by atoms with Gasteiger partial charge in [-0.25, -0.2) is 0 Å². The molecular formula is C16H17Cl2NO. The molecule has 20 heavy (non-hydrogen) atoms. The third kappa shape index (κ3) is 4.06. The maximum Gasteiger partial charge on any atom is 0.156 e. The van der Waals surface area contributed by atoms with E-state index in [9.17, 15) is 0 Å². The Morgan fingerprint density at radius 2 is 1.65 bits per heavy atom. The van der Waals surface area contributed by atoms with E-state index in [1.54, 1.807) is 0 Å². The summed E-state index contributed by atoms with van der Waals surface area (Å²) in [5, 5.41) is 4.39. The lowest BCUT2D eigenvalue weighted by Gasteiger charge is -2.15. The maximum absolute atomic E-state index is 6.22. The van der Waals surface area contributed by atoms with E-state index in [0.717, 1.165) is 11.3 Å². The van der Waals surface area contributed by atoms with Crippen LogP contribution >= 0.6 is 23.2 Å². The monoisotopic (exact) mass is 309 g/mol. The van der Waals surface area contributed by atoms with Crippen LogP contribution < -0.4 is 10.1 Å². The van der Waals surface area contributed by atoms with Gasteiger partial charge in [0, 0.05) is 12.2 Å². The van der Waals surface area contributed by atoms with Gasteiger partial charge in [-0.05, 0) is 43.7 Å². The van der Waals surface area contributed by atoms with E-state index < -0.39 is 0 Å². The van der Waals surface area contributed by atoms with Gasteiger partial charge < -0.3 is 10.1 Å². The highest BCUT2D eigenvalue weighted by atomic mass is 35.5. The molecule has 2 aromatic rings. The SMILES string of the molecule is CC(C)Oc1c(Cl)cc(CNc2ccccc2)cc1Cl. The Hall–Kier alpha value is -1.38. The van der Waals surface area contributed by atoms with Crippen LogP contribution in [0.1, 0.15) is 19.4 Å². The second-order valence-corrected chi connectivity index (χ2v) is 5.59. The second-order valence-electron chi connectivity index (χ2n) is 4.77. The molecule has 0 unspecified atom stereocenters. The van der Waals surface area contributed by atoms with Crippen LogP contribution in [0.2, 0.25) is 10.0 Å². The van der Waals surface area contributed by atoms with Gasteiger partial charge in [0.05, 0.1) is 16.1 Å². The summed E-state index contributed by atoms with van der Waals surface area (Å²) in [6.07, 6.45) is 0.0401. The molecule has 0 heterocycles. The molecule has 0 aliphatic carbocycles. The van der Waals surface area contributed by atoms with Gasteiger partial charge in [0.1, 0.15) is 0 Å². The van der Waals surface area contributed by atoms with Gasteiger partial charge >= 0.3 is 0 Å². The Morgan fingerprint density at radius 1 is 1.05 bits per heavy atom. The van der Waals surface area contributed by atoms with Crippen molar-refractivity contribution in [2.45, 2.75) is 26.5 Å². The third-order valence-electron chi connectivity index (χ3n) is 2.68. The molecule has 2 rings (SSSR count). The van der Waals surface area contributed by atoms with E-state index in [1.165, 1.54) is 0 Å². The molecule has 0 bridgehead atoms. The molecule has 0 aliphatic heterocycles. The van der Waals surface area contributed by atoms with E-state index >= 15 is 0 Å². The van der Waals surface area contributed by atoms with Gasteiger partial charge in [-0.2, -0.15) is 0 Å². The zero-order valence-corrected chi connectivity index (χ0v) is 13.0. The summed E-state index contributed by atoms with van der Waals surface area (Å²) in [5.74, 6) is 0.548. The molecule has 2 aromatic carbocycles. The lowest BCUT2D eigenvalue weighted by molar-refractivity contribution is 0.242. The van der Waals surface area contributed by atoms with Crippen LogP contribution in [0.5, 0.6) is 5.75 Å². The standard InChI is InChI=1S/C16H17Cl2NO/c1-11(2)20-16-14(17)8-12(9-15(16)18)10-19-13-6-4-3-5-7-13/h3-9,11,19H,10H2,1-2H3. The van der Waals surface area contributed by atoms with Gasteiger partial charge in [-0.1, -0.05) is 41.4 Å². The Balaban J connectivity index is 2.10. The Morgan fingerprint density at radius 3 is 2.20 bits per heavy atom. The number of benzene rings is 2. The lowest BCUT2D eigenvalue weighted by atomic mass is 10.2. The third-order valence-corrected chi connectivity index (χ3v) is 3.24. The zero-order chi connectivity index (χ0) is 14.5. The average Bonchev–Trinajstić information content (AvgIpc) is 2.41. The predicted octanol–water partition coefficient (Wildman–Crippen LogP) is 5.39. The molecule has 0 aromatic heterocycles. The van der Waals surface area contributed by atoms with Crippen molar-refractivity contribution in [1.82, 2.24) is 0 Å². The number of anilines is 1. The number of nitrogens with one attached hydrogen (secondary N) is 1. The molecule has 0 aliphatic rings. The van der Waals surface area contributed by atoms with Crippen molar-refractivity contribution >= 4 is 28.9 Å². The van der Waals surface area contributed by atoms with E-state index in [4.69, 9.17) is 27.9 Å². The van der Waals surface area contributed by atoms with E-state index in [-0.39, 0.29) is 6.10 Å². The van der Waals surface area contributed by atoms with Crippen molar-refractivity contribution in [3.8, 4) is 5.75 Å². The average molecular weight is 310 g/mol. The quantitative estimate of drug-likeness (QED) is 0.799. The topological polar surface area (TPSA) is 21.3 Å². The van der Waals surface area contributed by atoms with Crippen LogP contribution in [0.4, 0.5) is 5.69 Å². The van der Waals surface area contributed by atoms with E-state index in [0.29, 0.717) is 22.3 Å². The minimum Gasteiger partial charge on any atom is -0.488 e. The molecule has 0 spiro atoms. The van der Waals surface area contributed by atoms with Crippen molar-refractivity contribution in [2.24, 2.45) is 0 Å². The summed E-state index contributed by atoms with van der Waals surface area (Å²) in [6.45, 7) is 4.54. The Labute approximate surface area is 129 Å².